The van der Waals surface area contributed by atoms with Gasteiger partial charge in [0.05, 0.1) is 25.4 Å². The standard InChI is InChI=1S/C27H36N8O2/c1-4-33(19-32-12-10-20(2)11-13-32)24-23(28-3)25(34-14-16-37-17-15-34)30-27(29-24)35-18-22(26(36)31-35)21-8-6-5-7-9-21/h5-9,18,20H,3-4,10-17,19H2,1-2H3,(H,31,36). The quantitative estimate of drug-likeness (QED) is 0.470. The zero-order chi connectivity index (χ0) is 25.8. The average molecular weight is 505 g/mol. The molecule has 0 spiro atoms. The summed E-state index contributed by atoms with van der Waals surface area (Å²) in [5.74, 6) is 2.59. The van der Waals surface area contributed by atoms with Crippen molar-refractivity contribution in [2.24, 2.45) is 10.9 Å². The molecule has 10 heteroatoms. The van der Waals surface area contributed by atoms with Crippen LogP contribution in [0.2, 0.25) is 0 Å². The molecule has 0 radical (unpaired) electrons. The van der Waals surface area contributed by atoms with Crippen molar-refractivity contribution >= 4 is 24.0 Å². The van der Waals surface area contributed by atoms with Crippen LogP contribution >= 0.6 is 0 Å². The molecule has 5 rings (SSSR count). The SMILES string of the molecule is C=Nc1c(N2CCOCC2)nc(-n2cc(-c3ccccc3)c(=O)[nH]2)nc1N(CC)CN1CCC(C)CC1. The summed E-state index contributed by atoms with van der Waals surface area (Å²) in [6, 6.07) is 9.61. The molecular formula is C27H36N8O2. The van der Waals surface area contributed by atoms with E-state index in [0.717, 1.165) is 43.6 Å². The van der Waals surface area contributed by atoms with Crippen LogP contribution in [0, 0.1) is 5.92 Å². The number of rotatable bonds is 8. The van der Waals surface area contributed by atoms with Gasteiger partial charge in [0.1, 0.15) is 5.69 Å². The van der Waals surface area contributed by atoms with Gasteiger partial charge in [-0.15, -0.1) is 0 Å². The second-order valence-electron chi connectivity index (χ2n) is 9.79. The highest BCUT2D eigenvalue weighted by atomic mass is 16.5. The molecule has 37 heavy (non-hydrogen) atoms. The predicted octanol–water partition coefficient (Wildman–Crippen LogP) is 3.31. The van der Waals surface area contributed by atoms with Gasteiger partial charge in [0.2, 0.25) is 0 Å². The fourth-order valence-electron chi connectivity index (χ4n) is 4.97. The van der Waals surface area contributed by atoms with Gasteiger partial charge in [-0.05, 0) is 38.0 Å². The van der Waals surface area contributed by atoms with Crippen LogP contribution in [0.4, 0.5) is 17.3 Å². The molecule has 4 heterocycles. The lowest BCUT2D eigenvalue weighted by molar-refractivity contribution is 0.122. The molecule has 3 aromatic rings. The second-order valence-corrected chi connectivity index (χ2v) is 9.79. The number of aromatic amines is 1. The van der Waals surface area contributed by atoms with E-state index < -0.39 is 0 Å². The molecular weight excluding hydrogens is 468 g/mol. The van der Waals surface area contributed by atoms with Crippen molar-refractivity contribution in [1.82, 2.24) is 24.6 Å². The molecule has 2 aromatic heterocycles. The van der Waals surface area contributed by atoms with Crippen molar-refractivity contribution in [3.8, 4) is 17.1 Å². The molecule has 0 bridgehead atoms. The lowest BCUT2D eigenvalue weighted by atomic mass is 10.00. The Morgan fingerprint density at radius 2 is 1.86 bits per heavy atom. The molecule has 2 aliphatic rings. The van der Waals surface area contributed by atoms with Crippen molar-refractivity contribution in [2.45, 2.75) is 26.7 Å². The van der Waals surface area contributed by atoms with Gasteiger partial charge in [0.15, 0.2) is 11.6 Å². The third kappa shape index (κ3) is 5.45. The van der Waals surface area contributed by atoms with Crippen LogP contribution in [-0.4, -0.2) is 84.0 Å². The molecule has 0 atom stereocenters. The van der Waals surface area contributed by atoms with Crippen LogP contribution in [0.25, 0.3) is 17.1 Å². The molecule has 2 fully saturated rings. The van der Waals surface area contributed by atoms with Crippen LogP contribution in [0.5, 0.6) is 0 Å². The summed E-state index contributed by atoms with van der Waals surface area (Å²) in [5, 5.41) is 2.92. The Labute approximate surface area is 217 Å². The lowest BCUT2D eigenvalue weighted by Crippen LogP contribution is -2.43. The predicted molar refractivity (Wildman–Crippen MR) is 148 cm³/mol. The fourth-order valence-corrected chi connectivity index (χ4v) is 4.97. The fraction of sp³-hybridized carbons (Fsp3) is 0.481. The average Bonchev–Trinajstić information content (AvgIpc) is 3.34. The van der Waals surface area contributed by atoms with Gasteiger partial charge >= 0.3 is 0 Å². The summed E-state index contributed by atoms with van der Waals surface area (Å²) >= 11 is 0. The van der Waals surface area contributed by atoms with Crippen LogP contribution in [0.1, 0.15) is 26.7 Å². The first-order valence-electron chi connectivity index (χ1n) is 13.1. The normalized spacial score (nSPS) is 17.2. The summed E-state index contributed by atoms with van der Waals surface area (Å²) in [7, 11) is 0. The van der Waals surface area contributed by atoms with E-state index in [2.05, 4.69) is 45.4 Å². The maximum absolute atomic E-state index is 12.9. The van der Waals surface area contributed by atoms with Crippen molar-refractivity contribution in [3.05, 3.63) is 46.9 Å². The number of benzene rings is 1. The van der Waals surface area contributed by atoms with E-state index in [-0.39, 0.29) is 5.56 Å². The van der Waals surface area contributed by atoms with Crippen molar-refractivity contribution in [1.29, 1.82) is 0 Å². The molecule has 2 aliphatic heterocycles. The number of anilines is 2. The van der Waals surface area contributed by atoms with Gasteiger partial charge in [0, 0.05) is 38.9 Å². The first kappa shape index (κ1) is 25.2. The molecule has 0 aliphatic carbocycles. The van der Waals surface area contributed by atoms with Gasteiger partial charge < -0.3 is 14.5 Å². The maximum atomic E-state index is 12.9. The van der Waals surface area contributed by atoms with Crippen molar-refractivity contribution < 1.29 is 4.74 Å². The number of hydrogen-bond acceptors (Lipinski definition) is 8. The van der Waals surface area contributed by atoms with Gasteiger partial charge in [-0.3, -0.25) is 19.8 Å². The molecule has 10 nitrogen and oxygen atoms in total. The number of aromatic nitrogens is 4. The van der Waals surface area contributed by atoms with E-state index in [9.17, 15) is 4.79 Å². The number of hydrogen-bond donors (Lipinski definition) is 1. The van der Waals surface area contributed by atoms with Gasteiger partial charge in [-0.2, -0.15) is 9.97 Å². The van der Waals surface area contributed by atoms with E-state index in [1.54, 1.807) is 10.9 Å². The molecule has 0 amide bonds. The largest absolute Gasteiger partial charge is 0.378 e. The zero-order valence-electron chi connectivity index (χ0n) is 21.8. The first-order valence-corrected chi connectivity index (χ1v) is 13.1. The third-order valence-electron chi connectivity index (χ3n) is 7.26. The van der Waals surface area contributed by atoms with E-state index in [4.69, 9.17) is 14.7 Å². The lowest BCUT2D eigenvalue weighted by Gasteiger charge is -2.36. The topological polar surface area (TPSA) is 94.9 Å². The smallest absolute Gasteiger partial charge is 0.272 e. The number of nitrogens with zero attached hydrogens (tertiary/aromatic N) is 7. The van der Waals surface area contributed by atoms with Crippen LogP contribution < -0.4 is 15.4 Å². The summed E-state index contributed by atoms with van der Waals surface area (Å²) in [6.45, 7) is 14.6. The van der Waals surface area contributed by atoms with Crippen LogP contribution in [-0.2, 0) is 4.74 Å². The van der Waals surface area contributed by atoms with E-state index in [1.165, 1.54) is 12.8 Å². The number of aliphatic imine (C=N–C) groups is 1. The number of H-pyrrole nitrogens is 1. The summed E-state index contributed by atoms with van der Waals surface area (Å²) in [4.78, 5) is 34.0. The molecule has 0 unspecified atom stereocenters. The minimum Gasteiger partial charge on any atom is -0.378 e. The minimum absolute atomic E-state index is 0.190. The van der Waals surface area contributed by atoms with E-state index >= 15 is 0 Å². The van der Waals surface area contributed by atoms with Crippen molar-refractivity contribution in [2.75, 3.05) is 62.4 Å². The summed E-state index contributed by atoms with van der Waals surface area (Å²) < 4.78 is 7.20. The Balaban J connectivity index is 1.58. The Morgan fingerprint density at radius 3 is 2.54 bits per heavy atom. The molecule has 1 aromatic carbocycles. The van der Waals surface area contributed by atoms with E-state index in [0.29, 0.717) is 49.3 Å². The highest BCUT2D eigenvalue weighted by molar-refractivity contribution is 5.78. The Bertz CT molecular complexity index is 1260. The van der Waals surface area contributed by atoms with Gasteiger partial charge in [-0.1, -0.05) is 37.3 Å². The van der Waals surface area contributed by atoms with Gasteiger partial charge in [-0.25, -0.2) is 4.68 Å². The number of ether oxygens (including phenoxy) is 1. The highest BCUT2D eigenvalue weighted by Crippen LogP contribution is 2.37. The zero-order valence-corrected chi connectivity index (χ0v) is 21.8. The van der Waals surface area contributed by atoms with Crippen LogP contribution in [0.3, 0.4) is 0 Å². The van der Waals surface area contributed by atoms with Gasteiger partial charge in [0.25, 0.3) is 11.5 Å². The third-order valence-corrected chi connectivity index (χ3v) is 7.26. The molecule has 2 saturated heterocycles. The molecule has 1 N–H and O–H groups in total. The monoisotopic (exact) mass is 504 g/mol. The van der Waals surface area contributed by atoms with Crippen LogP contribution in [0.15, 0.2) is 46.3 Å². The van der Waals surface area contributed by atoms with Crippen molar-refractivity contribution in [3.63, 3.8) is 0 Å². The Morgan fingerprint density at radius 1 is 1.14 bits per heavy atom. The number of morpholine rings is 1. The molecule has 0 saturated carbocycles. The van der Waals surface area contributed by atoms with E-state index in [1.807, 2.05) is 30.3 Å². The Kier molecular flexibility index (Phi) is 7.66. The second kappa shape index (κ2) is 11.3. The number of likely N-dealkylation sites (tertiary alicyclic amines) is 1. The first-order chi connectivity index (χ1) is 18.1. The highest BCUT2D eigenvalue weighted by Gasteiger charge is 2.26. The summed E-state index contributed by atoms with van der Waals surface area (Å²) in [6.07, 6.45) is 4.17. The minimum atomic E-state index is -0.190. The Hall–Kier alpha value is -3.50. The number of nitrogens with one attached hydrogen (secondary N) is 1. The molecule has 196 valence electrons. The number of piperidine rings is 1. The maximum Gasteiger partial charge on any atom is 0.272 e. The summed E-state index contributed by atoms with van der Waals surface area (Å²) in [5.41, 5.74) is 1.88.